The van der Waals surface area contributed by atoms with Crippen molar-refractivity contribution >= 4 is 17.3 Å². The largest absolute Gasteiger partial charge is 0.399 e. The van der Waals surface area contributed by atoms with Crippen LogP contribution in [0.4, 0.5) is 10.1 Å². The van der Waals surface area contributed by atoms with Gasteiger partial charge in [0.1, 0.15) is 5.82 Å². The second-order valence-corrected chi connectivity index (χ2v) is 4.58. The van der Waals surface area contributed by atoms with Crippen molar-refractivity contribution in [2.45, 2.75) is 0 Å². The highest BCUT2D eigenvalue weighted by Crippen LogP contribution is 2.26. The Kier molecular flexibility index (Phi) is 3.12. The van der Waals surface area contributed by atoms with E-state index in [1.165, 1.54) is 18.2 Å². The Bertz CT molecular complexity index is 773. The Morgan fingerprint density at radius 3 is 2.70 bits per heavy atom. The number of aromatic nitrogens is 2. The van der Waals surface area contributed by atoms with Crippen molar-refractivity contribution in [2.24, 2.45) is 0 Å². The van der Waals surface area contributed by atoms with Crippen LogP contribution >= 0.6 is 11.6 Å². The quantitative estimate of drug-likeness (QED) is 0.729. The molecule has 0 amide bonds. The predicted molar refractivity (Wildman–Crippen MR) is 74.6 cm³/mol. The number of nitrogens with two attached hydrogens (primary N) is 1. The van der Waals surface area contributed by atoms with E-state index in [2.05, 4.69) is 10.1 Å². The Labute approximate surface area is 119 Å². The van der Waals surface area contributed by atoms with Gasteiger partial charge in [0.05, 0.1) is 5.02 Å². The van der Waals surface area contributed by atoms with Crippen molar-refractivity contribution in [3.8, 4) is 22.8 Å². The first-order valence-corrected chi connectivity index (χ1v) is 6.16. The van der Waals surface area contributed by atoms with Crippen LogP contribution in [0.1, 0.15) is 0 Å². The van der Waals surface area contributed by atoms with E-state index in [1.807, 2.05) is 6.07 Å². The van der Waals surface area contributed by atoms with Crippen LogP contribution in [0.2, 0.25) is 5.02 Å². The van der Waals surface area contributed by atoms with Crippen LogP contribution in [0, 0.1) is 5.82 Å². The van der Waals surface area contributed by atoms with Gasteiger partial charge in [0.2, 0.25) is 5.82 Å². The number of hydrogen-bond acceptors (Lipinski definition) is 4. The van der Waals surface area contributed by atoms with Crippen LogP contribution in [0.3, 0.4) is 0 Å². The summed E-state index contributed by atoms with van der Waals surface area (Å²) in [6.07, 6.45) is 0. The Morgan fingerprint density at radius 1 is 1.10 bits per heavy atom. The van der Waals surface area contributed by atoms with Crippen molar-refractivity contribution in [2.75, 3.05) is 5.73 Å². The van der Waals surface area contributed by atoms with Crippen molar-refractivity contribution in [3.63, 3.8) is 0 Å². The van der Waals surface area contributed by atoms with Gasteiger partial charge < -0.3 is 10.3 Å². The first kappa shape index (κ1) is 12.6. The molecule has 0 aliphatic carbocycles. The fraction of sp³-hybridized carbons (Fsp3) is 0. The van der Waals surface area contributed by atoms with E-state index in [9.17, 15) is 4.39 Å². The molecule has 20 heavy (non-hydrogen) atoms. The highest BCUT2D eigenvalue weighted by atomic mass is 35.5. The maximum atomic E-state index is 13.1. The third kappa shape index (κ3) is 2.35. The number of halogens is 2. The third-order valence-electron chi connectivity index (χ3n) is 2.74. The highest BCUT2D eigenvalue weighted by Gasteiger charge is 2.12. The highest BCUT2D eigenvalue weighted by molar-refractivity contribution is 6.31. The minimum atomic E-state index is -0.494. The molecule has 100 valence electrons. The molecule has 1 heterocycles. The second-order valence-electron chi connectivity index (χ2n) is 4.18. The minimum Gasteiger partial charge on any atom is -0.399 e. The molecule has 0 saturated carbocycles. The van der Waals surface area contributed by atoms with E-state index in [-0.39, 0.29) is 10.9 Å². The molecule has 0 aliphatic rings. The molecule has 3 aromatic rings. The molecule has 6 heteroatoms. The van der Waals surface area contributed by atoms with Gasteiger partial charge in [-0.05, 0) is 30.3 Å². The molecule has 0 radical (unpaired) electrons. The molecular weight excluding hydrogens is 281 g/mol. The zero-order valence-electron chi connectivity index (χ0n) is 10.2. The van der Waals surface area contributed by atoms with Gasteiger partial charge in [-0.3, -0.25) is 0 Å². The zero-order valence-corrected chi connectivity index (χ0v) is 10.9. The van der Waals surface area contributed by atoms with E-state index >= 15 is 0 Å². The van der Waals surface area contributed by atoms with Crippen molar-refractivity contribution in [3.05, 3.63) is 53.3 Å². The molecule has 3 rings (SSSR count). The summed E-state index contributed by atoms with van der Waals surface area (Å²) in [5.74, 6) is 0.183. The van der Waals surface area contributed by atoms with E-state index in [1.54, 1.807) is 18.2 Å². The topological polar surface area (TPSA) is 64.9 Å². The summed E-state index contributed by atoms with van der Waals surface area (Å²) in [4.78, 5) is 4.25. The molecule has 0 atom stereocenters. The smallest absolute Gasteiger partial charge is 0.258 e. The Hall–Kier alpha value is -2.40. The summed E-state index contributed by atoms with van der Waals surface area (Å²) in [5, 5.41) is 3.88. The standard InChI is InChI=1S/C14H9ClFN3O/c15-11-7-9(4-5-12(11)16)14-18-13(19-20-14)8-2-1-3-10(17)6-8/h1-7H,17H2. The van der Waals surface area contributed by atoms with Gasteiger partial charge in [0, 0.05) is 16.8 Å². The van der Waals surface area contributed by atoms with E-state index in [4.69, 9.17) is 21.9 Å². The van der Waals surface area contributed by atoms with Gasteiger partial charge in [-0.2, -0.15) is 4.98 Å². The number of hydrogen-bond donors (Lipinski definition) is 1. The lowest BCUT2D eigenvalue weighted by atomic mass is 10.2. The van der Waals surface area contributed by atoms with Crippen LogP contribution in [-0.2, 0) is 0 Å². The SMILES string of the molecule is Nc1cccc(-c2noc(-c3ccc(F)c(Cl)c3)n2)c1. The van der Waals surface area contributed by atoms with Gasteiger partial charge in [0.25, 0.3) is 5.89 Å². The molecule has 0 bridgehead atoms. The van der Waals surface area contributed by atoms with E-state index in [0.29, 0.717) is 17.1 Å². The third-order valence-corrected chi connectivity index (χ3v) is 3.03. The van der Waals surface area contributed by atoms with Crippen molar-refractivity contribution in [1.29, 1.82) is 0 Å². The van der Waals surface area contributed by atoms with Crippen LogP contribution < -0.4 is 5.73 Å². The first-order valence-electron chi connectivity index (χ1n) is 5.78. The second kappa shape index (κ2) is 4.94. The van der Waals surface area contributed by atoms with Crippen molar-refractivity contribution in [1.82, 2.24) is 10.1 Å². The molecule has 0 unspecified atom stereocenters. The molecular formula is C14H9ClFN3O. The maximum Gasteiger partial charge on any atom is 0.258 e. The predicted octanol–water partition coefficient (Wildman–Crippen LogP) is 3.78. The lowest BCUT2D eigenvalue weighted by Crippen LogP contribution is -1.86. The average molecular weight is 290 g/mol. The fourth-order valence-electron chi connectivity index (χ4n) is 1.76. The molecule has 0 spiro atoms. The van der Waals surface area contributed by atoms with Gasteiger partial charge in [-0.1, -0.05) is 28.9 Å². The lowest BCUT2D eigenvalue weighted by molar-refractivity contribution is 0.432. The molecule has 1 aromatic heterocycles. The number of nitrogens with zero attached hydrogens (tertiary/aromatic N) is 2. The van der Waals surface area contributed by atoms with Gasteiger partial charge in [-0.25, -0.2) is 4.39 Å². The van der Waals surface area contributed by atoms with E-state index < -0.39 is 5.82 Å². The summed E-state index contributed by atoms with van der Waals surface area (Å²) in [5.41, 5.74) is 7.61. The van der Waals surface area contributed by atoms with Crippen LogP contribution in [0.15, 0.2) is 47.0 Å². The Balaban J connectivity index is 1.99. The van der Waals surface area contributed by atoms with Crippen LogP contribution in [0.25, 0.3) is 22.8 Å². The monoisotopic (exact) mass is 289 g/mol. The van der Waals surface area contributed by atoms with E-state index in [0.717, 1.165) is 5.56 Å². The average Bonchev–Trinajstić information content (AvgIpc) is 2.92. The summed E-state index contributed by atoms with van der Waals surface area (Å²) < 4.78 is 18.3. The lowest BCUT2D eigenvalue weighted by Gasteiger charge is -1.97. The van der Waals surface area contributed by atoms with Crippen LogP contribution in [-0.4, -0.2) is 10.1 Å². The zero-order chi connectivity index (χ0) is 14.1. The number of anilines is 1. The molecule has 0 saturated heterocycles. The molecule has 0 fully saturated rings. The summed E-state index contributed by atoms with van der Waals surface area (Å²) >= 11 is 5.73. The Morgan fingerprint density at radius 2 is 1.95 bits per heavy atom. The molecule has 2 N–H and O–H groups in total. The molecule has 2 aromatic carbocycles. The minimum absolute atomic E-state index is 0.00575. The number of nitrogen functional groups attached to an aromatic ring is 1. The summed E-state index contributed by atoms with van der Waals surface area (Å²) in [7, 11) is 0. The van der Waals surface area contributed by atoms with Crippen molar-refractivity contribution < 1.29 is 8.91 Å². The number of benzene rings is 2. The first-order chi connectivity index (χ1) is 9.63. The fourth-order valence-corrected chi connectivity index (χ4v) is 1.95. The summed E-state index contributed by atoms with van der Waals surface area (Å²) in [6, 6.07) is 11.3. The molecule has 4 nitrogen and oxygen atoms in total. The maximum absolute atomic E-state index is 13.1. The van der Waals surface area contributed by atoms with Gasteiger partial charge >= 0.3 is 0 Å². The van der Waals surface area contributed by atoms with Gasteiger partial charge in [-0.15, -0.1) is 0 Å². The van der Waals surface area contributed by atoms with Gasteiger partial charge in [0.15, 0.2) is 0 Å². The summed E-state index contributed by atoms with van der Waals surface area (Å²) in [6.45, 7) is 0. The normalized spacial score (nSPS) is 10.7. The molecule has 0 aliphatic heterocycles. The van der Waals surface area contributed by atoms with Crippen LogP contribution in [0.5, 0.6) is 0 Å². The number of rotatable bonds is 2.